The first kappa shape index (κ1) is 16.4. The van der Waals surface area contributed by atoms with Crippen molar-refractivity contribution in [3.8, 4) is 0 Å². The molecule has 0 fully saturated rings. The highest BCUT2D eigenvalue weighted by molar-refractivity contribution is 5.96. The zero-order valence-electron chi connectivity index (χ0n) is 13.5. The van der Waals surface area contributed by atoms with Crippen LogP contribution in [0.4, 0.5) is 5.69 Å². The molecule has 3 rings (SSSR count). The van der Waals surface area contributed by atoms with Crippen molar-refractivity contribution in [1.82, 2.24) is 9.55 Å². The molecule has 2 amide bonds. The number of benzene rings is 2. The van der Waals surface area contributed by atoms with Crippen molar-refractivity contribution in [2.75, 3.05) is 5.32 Å². The molecule has 25 heavy (non-hydrogen) atoms. The number of amides is 2. The van der Waals surface area contributed by atoms with E-state index in [4.69, 9.17) is 5.73 Å². The summed E-state index contributed by atoms with van der Waals surface area (Å²) in [5, 5.41) is 2.72. The van der Waals surface area contributed by atoms with Crippen LogP contribution in [-0.2, 0) is 11.3 Å². The Morgan fingerprint density at radius 1 is 1.20 bits per heavy atom. The van der Waals surface area contributed by atoms with Gasteiger partial charge in [0, 0.05) is 11.3 Å². The summed E-state index contributed by atoms with van der Waals surface area (Å²) < 4.78 is 1.36. The molecule has 0 unspecified atom stereocenters. The fraction of sp³-hybridized carbons (Fsp3) is 0.111. The van der Waals surface area contributed by atoms with E-state index in [0.29, 0.717) is 27.8 Å². The topological polar surface area (TPSA) is 107 Å². The van der Waals surface area contributed by atoms with Crippen molar-refractivity contribution in [1.29, 1.82) is 0 Å². The maximum Gasteiger partial charge on any atom is 0.269 e. The Balaban J connectivity index is 1.84. The number of para-hydroxylation sites is 2. The molecule has 3 N–H and O–H groups in total. The van der Waals surface area contributed by atoms with Crippen LogP contribution >= 0.6 is 0 Å². The van der Waals surface area contributed by atoms with Gasteiger partial charge >= 0.3 is 0 Å². The molecule has 0 aliphatic heterocycles. The molecule has 3 aromatic rings. The summed E-state index contributed by atoms with van der Waals surface area (Å²) in [7, 11) is 0. The summed E-state index contributed by atoms with van der Waals surface area (Å²) in [6, 6.07) is 11.9. The van der Waals surface area contributed by atoms with Crippen LogP contribution in [0.5, 0.6) is 0 Å². The minimum atomic E-state index is -0.523. The fourth-order valence-corrected chi connectivity index (χ4v) is 2.64. The lowest BCUT2D eigenvalue weighted by molar-refractivity contribution is -0.116. The van der Waals surface area contributed by atoms with Gasteiger partial charge in [-0.15, -0.1) is 0 Å². The van der Waals surface area contributed by atoms with E-state index in [-0.39, 0.29) is 18.0 Å². The number of nitrogens with zero attached hydrogens (tertiary/aromatic N) is 2. The minimum absolute atomic E-state index is 0.140. The normalized spacial score (nSPS) is 10.6. The predicted octanol–water partition coefficient (Wildman–Crippen LogP) is 1.44. The third-order valence-corrected chi connectivity index (χ3v) is 3.83. The first-order valence-corrected chi connectivity index (χ1v) is 7.60. The molecule has 1 aromatic heterocycles. The van der Waals surface area contributed by atoms with E-state index in [9.17, 15) is 14.4 Å². The molecular formula is C18H16N4O3. The number of nitrogens with two attached hydrogens (primary N) is 1. The fourth-order valence-electron chi connectivity index (χ4n) is 2.64. The van der Waals surface area contributed by atoms with Crippen molar-refractivity contribution < 1.29 is 9.59 Å². The Labute approximate surface area is 143 Å². The first-order chi connectivity index (χ1) is 12.0. The number of hydrogen-bond donors (Lipinski definition) is 2. The Morgan fingerprint density at radius 2 is 1.96 bits per heavy atom. The number of fused-ring (bicyclic) bond motifs is 1. The maximum absolute atomic E-state index is 12.3. The third kappa shape index (κ3) is 3.40. The second kappa shape index (κ2) is 6.56. The van der Waals surface area contributed by atoms with Crippen molar-refractivity contribution in [3.63, 3.8) is 0 Å². The molecule has 0 aliphatic rings. The van der Waals surface area contributed by atoms with Crippen molar-refractivity contribution >= 4 is 28.5 Å². The quantitative estimate of drug-likeness (QED) is 0.751. The number of primary amides is 1. The highest BCUT2D eigenvalue weighted by atomic mass is 16.2. The number of rotatable bonds is 4. The maximum atomic E-state index is 12.3. The Hall–Kier alpha value is -3.48. The lowest BCUT2D eigenvalue weighted by atomic mass is 10.1. The highest BCUT2D eigenvalue weighted by Gasteiger charge is 2.11. The average Bonchev–Trinajstić information content (AvgIpc) is 2.57. The molecular weight excluding hydrogens is 320 g/mol. The number of aryl methyl sites for hydroxylation is 1. The molecule has 7 nitrogen and oxygen atoms in total. The molecule has 0 bridgehead atoms. The average molecular weight is 336 g/mol. The number of anilines is 1. The number of aromatic nitrogens is 2. The van der Waals surface area contributed by atoms with Gasteiger partial charge in [-0.3, -0.25) is 19.0 Å². The molecule has 0 saturated carbocycles. The van der Waals surface area contributed by atoms with Gasteiger partial charge in [-0.05, 0) is 42.8 Å². The first-order valence-electron chi connectivity index (χ1n) is 7.60. The molecule has 0 aliphatic carbocycles. The predicted molar refractivity (Wildman–Crippen MR) is 94.3 cm³/mol. The lowest BCUT2D eigenvalue weighted by Crippen LogP contribution is -2.28. The molecule has 2 aromatic carbocycles. The largest absolute Gasteiger partial charge is 0.366 e. The van der Waals surface area contributed by atoms with E-state index >= 15 is 0 Å². The Morgan fingerprint density at radius 3 is 2.68 bits per heavy atom. The van der Waals surface area contributed by atoms with Gasteiger partial charge in [0.15, 0.2) is 0 Å². The van der Waals surface area contributed by atoms with Gasteiger partial charge in [-0.25, -0.2) is 4.98 Å². The van der Waals surface area contributed by atoms with Gasteiger partial charge in [-0.2, -0.15) is 0 Å². The van der Waals surface area contributed by atoms with Gasteiger partial charge < -0.3 is 11.1 Å². The zero-order chi connectivity index (χ0) is 18.0. The summed E-state index contributed by atoms with van der Waals surface area (Å²) in [5.74, 6) is -0.880. The van der Waals surface area contributed by atoms with E-state index in [1.54, 1.807) is 43.3 Å². The summed E-state index contributed by atoms with van der Waals surface area (Å²) in [6.07, 6.45) is 1.20. The van der Waals surface area contributed by atoms with E-state index in [1.165, 1.54) is 10.8 Å². The lowest BCUT2D eigenvalue weighted by Gasteiger charge is -2.11. The van der Waals surface area contributed by atoms with Gasteiger partial charge in [0.2, 0.25) is 11.8 Å². The summed E-state index contributed by atoms with van der Waals surface area (Å²) in [6.45, 7) is 1.59. The second-order valence-electron chi connectivity index (χ2n) is 5.61. The number of nitrogens with one attached hydrogen (secondary N) is 1. The molecule has 0 atom stereocenters. The standard InChI is InChI=1S/C18H16N4O3/c1-11-8-12(6-7-13(11)18(19)25)21-16(23)10-22-15-5-3-2-4-14(15)20-9-17(22)24/h2-9H,10H2,1H3,(H2,19,25)(H,21,23). The van der Waals surface area contributed by atoms with Crippen LogP contribution in [0.25, 0.3) is 11.0 Å². The zero-order valence-corrected chi connectivity index (χ0v) is 13.5. The van der Waals surface area contributed by atoms with Gasteiger partial charge in [0.05, 0.1) is 17.2 Å². The van der Waals surface area contributed by atoms with Crippen molar-refractivity contribution in [3.05, 3.63) is 70.1 Å². The molecule has 0 spiro atoms. The van der Waals surface area contributed by atoms with Gasteiger partial charge in [0.1, 0.15) is 6.54 Å². The summed E-state index contributed by atoms with van der Waals surface area (Å²) in [5.41, 5.74) is 7.73. The monoisotopic (exact) mass is 336 g/mol. The van der Waals surface area contributed by atoms with Crippen molar-refractivity contribution in [2.24, 2.45) is 5.73 Å². The Bertz CT molecular complexity index is 1040. The van der Waals surface area contributed by atoms with Crippen LogP contribution in [0.2, 0.25) is 0 Å². The molecule has 0 radical (unpaired) electrons. The van der Waals surface area contributed by atoms with E-state index in [1.807, 2.05) is 6.07 Å². The van der Waals surface area contributed by atoms with Crippen LogP contribution in [-0.4, -0.2) is 21.4 Å². The molecule has 1 heterocycles. The summed E-state index contributed by atoms with van der Waals surface area (Å²) in [4.78, 5) is 39.7. The second-order valence-corrected chi connectivity index (χ2v) is 5.61. The van der Waals surface area contributed by atoms with E-state index in [0.717, 1.165) is 0 Å². The molecule has 0 saturated heterocycles. The molecule has 126 valence electrons. The summed E-state index contributed by atoms with van der Waals surface area (Å²) >= 11 is 0. The number of carbonyl (C=O) groups is 2. The van der Waals surface area contributed by atoms with Crippen LogP contribution in [0.1, 0.15) is 15.9 Å². The highest BCUT2D eigenvalue weighted by Crippen LogP contribution is 2.15. The van der Waals surface area contributed by atoms with Gasteiger partial charge in [-0.1, -0.05) is 12.1 Å². The van der Waals surface area contributed by atoms with Crippen molar-refractivity contribution in [2.45, 2.75) is 13.5 Å². The number of carbonyl (C=O) groups excluding carboxylic acids is 2. The smallest absolute Gasteiger partial charge is 0.269 e. The third-order valence-electron chi connectivity index (χ3n) is 3.83. The van der Waals surface area contributed by atoms with E-state index < -0.39 is 5.91 Å². The number of hydrogen-bond acceptors (Lipinski definition) is 4. The van der Waals surface area contributed by atoms with Gasteiger partial charge in [0.25, 0.3) is 5.56 Å². The van der Waals surface area contributed by atoms with Crippen LogP contribution < -0.4 is 16.6 Å². The van der Waals surface area contributed by atoms with Crippen LogP contribution in [0.15, 0.2) is 53.5 Å². The Kier molecular flexibility index (Phi) is 4.30. The SMILES string of the molecule is Cc1cc(NC(=O)Cn2c(=O)cnc3ccccc32)ccc1C(N)=O. The van der Waals surface area contributed by atoms with E-state index in [2.05, 4.69) is 10.3 Å². The minimum Gasteiger partial charge on any atom is -0.366 e. The van der Waals surface area contributed by atoms with Crippen LogP contribution in [0.3, 0.4) is 0 Å². The molecule has 7 heteroatoms. The van der Waals surface area contributed by atoms with Crippen LogP contribution in [0, 0.1) is 6.92 Å².